The molecule has 0 aliphatic carbocycles. The summed E-state index contributed by atoms with van der Waals surface area (Å²) in [7, 11) is 1.19. The van der Waals surface area contributed by atoms with Crippen molar-refractivity contribution < 1.29 is 24.0 Å². The van der Waals surface area contributed by atoms with Gasteiger partial charge in [-0.2, -0.15) is 0 Å². The summed E-state index contributed by atoms with van der Waals surface area (Å²) in [5.74, 6) is -1.10. The topological polar surface area (TPSA) is 99.0 Å². The Balaban J connectivity index is 2.28. The third-order valence-corrected chi connectivity index (χ3v) is 4.49. The fourth-order valence-electron chi connectivity index (χ4n) is 2.88. The number of carbonyl (C=O) groups excluding carboxylic acids is 2. The molecule has 0 radical (unpaired) electrons. The number of methoxy groups -OCH3 is 1. The number of nitro benzene ring substituents is 1. The first-order chi connectivity index (χ1) is 14.0. The molecule has 1 amide bonds. The van der Waals surface area contributed by atoms with Gasteiger partial charge in [0.05, 0.1) is 17.6 Å². The number of ether oxygens (including phenoxy) is 2. The van der Waals surface area contributed by atoms with Crippen molar-refractivity contribution in [2.24, 2.45) is 0 Å². The highest BCUT2D eigenvalue weighted by atomic mass is 16.6. The molecule has 8 heteroatoms. The van der Waals surface area contributed by atoms with Gasteiger partial charge in [0.1, 0.15) is 0 Å². The predicted octanol–water partition coefficient (Wildman–Crippen LogP) is 3.98. The number of esters is 1. The second-order valence-corrected chi connectivity index (χ2v) is 7.77. The van der Waals surface area contributed by atoms with Crippen LogP contribution in [0.25, 0.3) is 0 Å². The highest BCUT2D eigenvalue weighted by Gasteiger charge is 2.32. The van der Waals surface area contributed by atoms with E-state index in [4.69, 9.17) is 4.74 Å². The third-order valence-electron chi connectivity index (χ3n) is 4.49. The average Bonchev–Trinajstić information content (AvgIpc) is 2.70. The maximum absolute atomic E-state index is 13.2. The van der Waals surface area contributed by atoms with Crippen LogP contribution in [0.4, 0.5) is 5.69 Å². The smallest absolute Gasteiger partial charge is 0.338 e. The number of nitro groups is 1. The molecule has 160 valence electrons. The molecule has 1 atom stereocenters. The van der Waals surface area contributed by atoms with Crippen molar-refractivity contribution in [1.29, 1.82) is 0 Å². The largest absolute Gasteiger partial charge is 0.474 e. The fraction of sp³-hybridized carbons (Fsp3) is 0.364. The zero-order valence-corrected chi connectivity index (χ0v) is 17.7. The molecule has 2 aromatic carbocycles. The van der Waals surface area contributed by atoms with E-state index in [0.29, 0.717) is 6.54 Å². The molecule has 2 aromatic rings. The van der Waals surface area contributed by atoms with Crippen LogP contribution in [0.2, 0.25) is 0 Å². The molecule has 2 rings (SSSR count). The van der Waals surface area contributed by atoms with E-state index in [-0.39, 0.29) is 17.2 Å². The van der Waals surface area contributed by atoms with E-state index in [1.54, 1.807) is 11.8 Å². The van der Waals surface area contributed by atoms with Gasteiger partial charge in [-0.3, -0.25) is 14.9 Å². The van der Waals surface area contributed by atoms with Crippen molar-refractivity contribution in [1.82, 2.24) is 4.90 Å². The van der Waals surface area contributed by atoms with E-state index in [1.807, 2.05) is 51.1 Å². The zero-order valence-electron chi connectivity index (χ0n) is 17.7. The molecular weight excluding hydrogens is 388 g/mol. The summed E-state index contributed by atoms with van der Waals surface area (Å²) in [6.07, 6.45) is -0.976. The maximum atomic E-state index is 13.2. The molecule has 0 unspecified atom stereocenters. The molecule has 0 fully saturated rings. The number of rotatable bonds is 7. The van der Waals surface area contributed by atoms with Crippen LogP contribution in [-0.4, -0.2) is 40.5 Å². The first-order valence-corrected chi connectivity index (χ1v) is 9.43. The normalized spacial score (nSPS) is 12.0. The summed E-state index contributed by atoms with van der Waals surface area (Å²) in [5.41, 5.74) is 0.0748. The lowest BCUT2D eigenvalue weighted by Crippen LogP contribution is -2.50. The molecule has 0 aromatic heterocycles. The Kier molecular flexibility index (Phi) is 7.15. The van der Waals surface area contributed by atoms with Crippen molar-refractivity contribution in [3.63, 3.8) is 0 Å². The van der Waals surface area contributed by atoms with Crippen LogP contribution in [0.3, 0.4) is 0 Å². The van der Waals surface area contributed by atoms with E-state index < -0.39 is 28.2 Å². The van der Waals surface area contributed by atoms with Crippen molar-refractivity contribution in [2.45, 2.75) is 45.9 Å². The Morgan fingerprint density at radius 1 is 1.13 bits per heavy atom. The van der Waals surface area contributed by atoms with E-state index in [1.165, 1.54) is 19.2 Å². The summed E-state index contributed by atoms with van der Waals surface area (Å²) in [6.45, 7) is 7.65. The van der Waals surface area contributed by atoms with Gasteiger partial charge in [-0.05, 0) is 45.4 Å². The Hall–Kier alpha value is -3.42. The highest BCUT2D eigenvalue weighted by Crippen LogP contribution is 2.30. The van der Waals surface area contributed by atoms with Gasteiger partial charge in [-0.15, -0.1) is 0 Å². The van der Waals surface area contributed by atoms with Crippen LogP contribution in [0.5, 0.6) is 5.75 Å². The van der Waals surface area contributed by atoms with Crippen LogP contribution in [0.1, 0.15) is 43.6 Å². The standard InChI is InChI=1S/C22H26N2O6/c1-15(20(25)23(22(2,3)4)14-16-9-7-6-8-10-16)30-19-12-11-17(21(26)29-5)13-18(19)24(27)28/h6-13,15H,14H2,1-5H3/t15-/m0/s1. The maximum Gasteiger partial charge on any atom is 0.338 e. The summed E-state index contributed by atoms with van der Waals surface area (Å²) in [4.78, 5) is 37.3. The quantitative estimate of drug-likeness (QED) is 0.386. The number of amides is 1. The van der Waals surface area contributed by atoms with E-state index in [2.05, 4.69) is 4.74 Å². The number of carbonyl (C=O) groups is 2. The lowest BCUT2D eigenvalue weighted by atomic mass is 10.0. The Morgan fingerprint density at radius 3 is 2.30 bits per heavy atom. The molecule has 8 nitrogen and oxygen atoms in total. The minimum absolute atomic E-state index is 0.0240. The second kappa shape index (κ2) is 9.39. The Bertz CT molecular complexity index is 921. The van der Waals surface area contributed by atoms with Gasteiger partial charge in [0.25, 0.3) is 5.91 Å². The summed E-state index contributed by atoms with van der Waals surface area (Å²) in [6, 6.07) is 13.3. The van der Waals surface area contributed by atoms with Crippen LogP contribution in [0, 0.1) is 10.1 Å². The number of benzene rings is 2. The summed E-state index contributed by atoms with van der Waals surface area (Å²) in [5, 5.41) is 11.4. The van der Waals surface area contributed by atoms with Crippen molar-refractivity contribution in [3.8, 4) is 5.75 Å². The van der Waals surface area contributed by atoms with E-state index in [9.17, 15) is 19.7 Å². The minimum atomic E-state index is -0.976. The summed E-state index contributed by atoms with van der Waals surface area (Å²) >= 11 is 0. The van der Waals surface area contributed by atoms with Gasteiger partial charge in [0, 0.05) is 18.2 Å². The number of hydrogen-bond acceptors (Lipinski definition) is 6. The minimum Gasteiger partial charge on any atom is -0.474 e. The van der Waals surface area contributed by atoms with Crippen LogP contribution >= 0.6 is 0 Å². The van der Waals surface area contributed by atoms with Gasteiger partial charge in [-0.25, -0.2) is 4.79 Å². The first kappa shape index (κ1) is 22.9. The summed E-state index contributed by atoms with van der Waals surface area (Å²) < 4.78 is 10.3. The number of hydrogen-bond donors (Lipinski definition) is 0. The molecule has 0 saturated heterocycles. The SMILES string of the molecule is COC(=O)c1ccc(O[C@@H](C)C(=O)N(Cc2ccccc2)C(C)(C)C)c([N+](=O)[O-])c1. The Morgan fingerprint density at radius 2 is 1.77 bits per heavy atom. The van der Waals surface area contributed by atoms with Gasteiger partial charge in [-0.1, -0.05) is 30.3 Å². The second-order valence-electron chi connectivity index (χ2n) is 7.77. The predicted molar refractivity (Wildman–Crippen MR) is 111 cm³/mol. The van der Waals surface area contributed by atoms with Crippen molar-refractivity contribution >= 4 is 17.6 Å². The monoisotopic (exact) mass is 414 g/mol. The molecule has 0 N–H and O–H groups in total. The Labute approximate surface area is 175 Å². The molecule has 0 bridgehead atoms. The molecule has 0 aliphatic heterocycles. The number of nitrogens with zero attached hydrogens (tertiary/aromatic N) is 2. The molecular formula is C22H26N2O6. The average molecular weight is 414 g/mol. The molecule has 0 saturated carbocycles. The third kappa shape index (κ3) is 5.56. The molecule has 0 heterocycles. The zero-order chi connectivity index (χ0) is 22.5. The van der Waals surface area contributed by atoms with Crippen LogP contribution in [-0.2, 0) is 16.1 Å². The van der Waals surface area contributed by atoms with Gasteiger partial charge < -0.3 is 14.4 Å². The van der Waals surface area contributed by atoms with Crippen LogP contribution < -0.4 is 4.74 Å². The first-order valence-electron chi connectivity index (χ1n) is 9.43. The van der Waals surface area contributed by atoms with E-state index >= 15 is 0 Å². The molecule has 30 heavy (non-hydrogen) atoms. The van der Waals surface area contributed by atoms with Gasteiger partial charge >= 0.3 is 11.7 Å². The highest BCUT2D eigenvalue weighted by molar-refractivity contribution is 5.90. The van der Waals surface area contributed by atoms with Crippen molar-refractivity contribution in [2.75, 3.05) is 7.11 Å². The lowest BCUT2D eigenvalue weighted by molar-refractivity contribution is -0.386. The van der Waals surface area contributed by atoms with E-state index in [0.717, 1.165) is 11.6 Å². The fourth-order valence-corrected chi connectivity index (χ4v) is 2.88. The van der Waals surface area contributed by atoms with Gasteiger partial charge in [0.15, 0.2) is 11.9 Å². The molecule has 0 aliphatic rings. The van der Waals surface area contributed by atoms with Gasteiger partial charge in [0.2, 0.25) is 0 Å². The van der Waals surface area contributed by atoms with Crippen LogP contribution in [0.15, 0.2) is 48.5 Å². The van der Waals surface area contributed by atoms with Crippen molar-refractivity contribution in [3.05, 3.63) is 69.8 Å². The lowest BCUT2D eigenvalue weighted by Gasteiger charge is -2.37. The molecule has 0 spiro atoms.